The molecule has 1 aliphatic heterocycles. The number of aromatic nitrogens is 3. The summed E-state index contributed by atoms with van der Waals surface area (Å²) < 4.78 is 2.18. The summed E-state index contributed by atoms with van der Waals surface area (Å²) in [6.07, 6.45) is 5.08. The van der Waals surface area contributed by atoms with Crippen molar-refractivity contribution < 1.29 is 9.59 Å². The Morgan fingerprint density at radius 3 is 2.60 bits per heavy atom. The van der Waals surface area contributed by atoms with Crippen molar-refractivity contribution >= 4 is 11.9 Å². The second-order valence-corrected chi connectivity index (χ2v) is 7.50. The van der Waals surface area contributed by atoms with Crippen molar-refractivity contribution in [2.75, 3.05) is 19.6 Å². The molecule has 8 nitrogen and oxygen atoms in total. The monoisotopic (exact) mass is 412 g/mol. The number of urea groups is 1. The fraction of sp³-hybridized carbons (Fsp3) is 0.545. The van der Waals surface area contributed by atoms with Crippen molar-refractivity contribution in [1.82, 2.24) is 30.3 Å². The van der Waals surface area contributed by atoms with Crippen molar-refractivity contribution in [1.29, 1.82) is 0 Å². The number of hydrogen-bond acceptors (Lipinski definition) is 4. The molecule has 1 atom stereocenters. The maximum absolute atomic E-state index is 13.0. The van der Waals surface area contributed by atoms with Gasteiger partial charge in [0, 0.05) is 39.0 Å². The largest absolute Gasteiger partial charge is 0.341 e. The van der Waals surface area contributed by atoms with E-state index in [0.717, 1.165) is 43.0 Å². The van der Waals surface area contributed by atoms with Crippen molar-refractivity contribution in [2.24, 2.45) is 0 Å². The topological polar surface area (TPSA) is 92.2 Å². The summed E-state index contributed by atoms with van der Waals surface area (Å²) >= 11 is 0. The molecular weight excluding hydrogens is 380 g/mol. The molecule has 0 bridgehead atoms. The zero-order chi connectivity index (χ0) is 21.3. The third-order valence-electron chi connectivity index (χ3n) is 5.55. The van der Waals surface area contributed by atoms with Gasteiger partial charge in [-0.3, -0.25) is 4.79 Å². The van der Waals surface area contributed by atoms with E-state index in [4.69, 9.17) is 0 Å². The Kier molecular flexibility index (Phi) is 7.82. The molecule has 2 aromatic rings. The highest BCUT2D eigenvalue weighted by molar-refractivity contribution is 5.88. The van der Waals surface area contributed by atoms with Crippen molar-refractivity contribution in [3.8, 4) is 0 Å². The van der Waals surface area contributed by atoms with Gasteiger partial charge in [-0.2, -0.15) is 0 Å². The highest BCUT2D eigenvalue weighted by atomic mass is 16.2. The molecule has 3 rings (SSSR count). The second kappa shape index (κ2) is 10.8. The number of likely N-dealkylation sites (N-methyl/N-ethyl adjacent to an activating group) is 1. The number of nitrogens with zero attached hydrogens (tertiary/aromatic N) is 4. The third kappa shape index (κ3) is 5.37. The highest BCUT2D eigenvalue weighted by Gasteiger charge is 2.26. The lowest BCUT2D eigenvalue weighted by molar-refractivity contribution is -0.133. The number of benzene rings is 1. The Bertz CT molecular complexity index is 831. The van der Waals surface area contributed by atoms with Crippen LogP contribution >= 0.6 is 0 Å². The maximum Gasteiger partial charge on any atom is 0.315 e. The summed E-state index contributed by atoms with van der Waals surface area (Å²) in [4.78, 5) is 27.2. The minimum absolute atomic E-state index is 0.107. The van der Waals surface area contributed by atoms with Gasteiger partial charge in [0.05, 0.1) is 0 Å². The number of rotatable bonds is 8. The predicted molar refractivity (Wildman–Crippen MR) is 115 cm³/mol. The number of fused-ring (bicyclic) bond motifs is 1. The van der Waals surface area contributed by atoms with E-state index in [1.165, 1.54) is 6.42 Å². The minimum atomic E-state index is -0.713. The van der Waals surface area contributed by atoms with Gasteiger partial charge in [0.15, 0.2) is 0 Å². The molecule has 0 radical (unpaired) electrons. The van der Waals surface area contributed by atoms with Crippen molar-refractivity contribution in [2.45, 2.75) is 58.5 Å². The summed E-state index contributed by atoms with van der Waals surface area (Å²) in [5.41, 5.74) is 0.771. The third-order valence-corrected chi connectivity index (χ3v) is 5.55. The van der Waals surface area contributed by atoms with Gasteiger partial charge < -0.3 is 20.1 Å². The predicted octanol–water partition coefficient (Wildman–Crippen LogP) is 2.46. The van der Waals surface area contributed by atoms with Crippen molar-refractivity contribution in [3.63, 3.8) is 0 Å². The molecule has 8 heteroatoms. The lowest BCUT2D eigenvalue weighted by Gasteiger charge is -2.26. The zero-order valence-corrected chi connectivity index (χ0v) is 17.9. The Labute approximate surface area is 178 Å². The molecule has 1 aromatic carbocycles. The average Bonchev–Trinajstić information content (AvgIpc) is 2.99. The number of nitrogens with one attached hydrogen (secondary N) is 2. The molecule has 162 valence electrons. The van der Waals surface area contributed by atoms with Gasteiger partial charge in [-0.15, -0.1) is 10.2 Å². The molecule has 30 heavy (non-hydrogen) atoms. The highest BCUT2D eigenvalue weighted by Crippen LogP contribution is 2.16. The van der Waals surface area contributed by atoms with Gasteiger partial charge in [0.25, 0.3) is 0 Å². The number of hydrogen-bond donors (Lipinski definition) is 2. The van der Waals surface area contributed by atoms with Gasteiger partial charge in [-0.25, -0.2) is 4.79 Å². The van der Waals surface area contributed by atoms with Crippen LogP contribution in [0.1, 0.15) is 56.4 Å². The van der Waals surface area contributed by atoms with E-state index in [1.807, 2.05) is 44.2 Å². The number of amides is 3. The van der Waals surface area contributed by atoms with Crippen molar-refractivity contribution in [3.05, 3.63) is 47.5 Å². The Morgan fingerprint density at radius 1 is 1.10 bits per heavy atom. The maximum atomic E-state index is 13.0. The first kappa shape index (κ1) is 21.8. The second-order valence-electron chi connectivity index (χ2n) is 7.50. The quantitative estimate of drug-likeness (QED) is 0.697. The van der Waals surface area contributed by atoms with Gasteiger partial charge in [0.1, 0.15) is 17.7 Å². The van der Waals surface area contributed by atoms with Crippen LogP contribution in [0.4, 0.5) is 4.79 Å². The van der Waals surface area contributed by atoms with E-state index >= 15 is 0 Å². The Balaban J connectivity index is 1.59. The lowest BCUT2D eigenvalue weighted by Crippen LogP contribution is -2.46. The van der Waals surface area contributed by atoms with Gasteiger partial charge in [0.2, 0.25) is 5.91 Å². The fourth-order valence-corrected chi connectivity index (χ4v) is 3.85. The van der Waals surface area contributed by atoms with E-state index in [1.54, 1.807) is 4.90 Å². The molecule has 1 aromatic heterocycles. The van der Waals surface area contributed by atoms with Crippen LogP contribution in [0.15, 0.2) is 30.3 Å². The molecule has 0 spiro atoms. The molecule has 0 saturated heterocycles. The SMILES string of the molecule is CCN(CC)C(=O)[C@@H](NC(=O)NCCc1nnc2n1CCCCC2)c1ccccc1. The van der Waals surface area contributed by atoms with Crippen LogP contribution in [0.25, 0.3) is 0 Å². The molecule has 1 aliphatic rings. The summed E-state index contributed by atoms with van der Waals surface area (Å²) in [6, 6.07) is 8.28. The number of carbonyl (C=O) groups excluding carboxylic acids is 2. The van der Waals surface area contributed by atoms with Crippen LogP contribution in [0, 0.1) is 0 Å². The van der Waals surface area contributed by atoms with E-state index < -0.39 is 6.04 Å². The van der Waals surface area contributed by atoms with Crippen LogP contribution in [-0.2, 0) is 24.2 Å². The lowest BCUT2D eigenvalue weighted by atomic mass is 10.1. The van der Waals surface area contributed by atoms with Gasteiger partial charge >= 0.3 is 6.03 Å². The van der Waals surface area contributed by atoms with Crippen LogP contribution in [0.5, 0.6) is 0 Å². The minimum Gasteiger partial charge on any atom is -0.341 e. The first-order valence-electron chi connectivity index (χ1n) is 10.9. The number of aryl methyl sites for hydroxylation is 1. The molecule has 0 aliphatic carbocycles. The van der Waals surface area contributed by atoms with Crippen LogP contribution in [-0.4, -0.2) is 51.2 Å². The summed E-state index contributed by atoms with van der Waals surface area (Å²) in [5, 5.41) is 14.3. The molecule has 0 saturated carbocycles. The molecule has 0 fully saturated rings. The average molecular weight is 413 g/mol. The Morgan fingerprint density at radius 2 is 1.87 bits per heavy atom. The molecule has 3 amide bonds. The smallest absolute Gasteiger partial charge is 0.315 e. The molecule has 2 heterocycles. The Hall–Kier alpha value is -2.90. The summed E-state index contributed by atoms with van der Waals surface area (Å²) in [7, 11) is 0. The summed E-state index contributed by atoms with van der Waals surface area (Å²) in [5.74, 6) is 1.84. The van der Waals surface area contributed by atoms with Gasteiger partial charge in [-0.05, 0) is 32.3 Å². The zero-order valence-electron chi connectivity index (χ0n) is 17.9. The first-order valence-corrected chi connectivity index (χ1v) is 10.9. The first-order chi connectivity index (χ1) is 14.6. The van der Waals surface area contributed by atoms with Crippen LogP contribution in [0.3, 0.4) is 0 Å². The van der Waals surface area contributed by atoms with E-state index in [9.17, 15) is 9.59 Å². The molecular formula is C22H32N6O2. The van der Waals surface area contributed by atoms with Crippen LogP contribution < -0.4 is 10.6 Å². The standard InChI is InChI=1S/C22H32N6O2/c1-3-27(4-2)21(29)20(17-11-7-5-8-12-17)24-22(30)23-15-14-19-26-25-18-13-9-6-10-16-28(18)19/h5,7-8,11-12,20H,3-4,6,9-10,13-16H2,1-2H3,(H2,23,24,30)/t20-/m0/s1. The van der Waals surface area contributed by atoms with E-state index in [2.05, 4.69) is 25.4 Å². The van der Waals surface area contributed by atoms with Gasteiger partial charge in [-0.1, -0.05) is 36.8 Å². The molecule has 0 unspecified atom stereocenters. The van der Waals surface area contributed by atoms with E-state index in [-0.39, 0.29) is 11.9 Å². The number of carbonyl (C=O) groups is 2. The normalized spacial score (nSPS) is 14.3. The summed E-state index contributed by atoms with van der Waals surface area (Å²) in [6.45, 7) is 6.44. The molecule has 2 N–H and O–H groups in total. The van der Waals surface area contributed by atoms with E-state index in [0.29, 0.717) is 26.1 Å². The van der Waals surface area contributed by atoms with Crippen LogP contribution in [0.2, 0.25) is 0 Å². The fourth-order valence-electron chi connectivity index (χ4n) is 3.85.